The largest absolute Gasteiger partial charge is 0.495 e. The second-order valence-corrected chi connectivity index (χ2v) is 6.76. The second kappa shape index (κ2) is 9.48. The molecule has 1 aromatic heterocycles. The molecule has 8 heteroatoms. The summed E-state index contributed by atoms with van der Waals surface area (Å²) in [5.41, 5.74) is 2.68. The van der Waals surface area contributed by atoms with Crippen molar-refractivity contribution < 1.29 is 14.3 Å². The van der Waals surface area contributed by atoms with Gasteiger partial charge in [-0.1, -0.05) is 6.07 Å². The van der Waals surface area contributed by atoms with E-state index in [0.717, 1.165) is 44.1 Å². The van der Waals surface area contributed by atoms with Crippen LogP contribution in [0.2, 0.25) is 0 Å². The van der Waals surface area contributed by atoms with E-state index in [0.29, 0.717) is 29.6 Å². The minimum atomic E-state index is -0.300. The molecule has 150 valence electrons. The van der Waals surface area contributed by atoms with Crippen molar-refractivity contribution in [2.45, 2.75) is 13.8 Å². The molecule has 2 N–H and O–H groups in total. The summed E-state index contributed by atoms with van der Waals surface area (Å²) in [5, 5.41) is 6.09. The van der Waals surface area contributed by atoms with Gasteiger partial charge in [-0.25, -0.2) is 9.97 Å². The van der Waals surface area contributed by atoms with Crippen LogP contribution >= 0.6 is 0 Å². The van der Waals surface area contributed by atoms with Crippen molar-refractivity contribution in [1.29, 1.82) is 0 Å². The molecule has 1 amide bonds. The SMILES string of the molecule is COc1ccc(C)cc1NC(=O)c1cc(C)nc(NCCN2CCOCC2)n1. The maximum absolute atomic E-state index is 12.7. The highest BCUT2D eigenvalue weighted by Gasteiger charge is 2.14. The number of hydrogen-bond acceptors (Lipinski definition) is 7. The van der Waals surface area contributed by atoms with E-state index >= 15 is 0 Å². The Bertz CT molecular complexity index is 821. The van der Waals surface area contributed by atoms with Crippen molar-refractivity contribution in [1.82, 2.24) is 14.9 Å². The highest BCUT2D eigenvalue weighted by molar-refractivity contribution is 6.04. The third kappa shape index (κ3) is 5.40. The van der Waals surface area contributed by atoms with Crippen LogP contribution in [0.3, 0.4) is 0 Å². The van der Waals surface area contributed by atoms with Crippen LogP contribution in [-0.4, -0.2) is 67.3 Å². The van der Waals surface area contributed by atoms with Crippen LogP contribution < -0.4 is 15.4 Å². The van der Waals surface area contributed by atoms with Crippen LogP contribution in [0, 0.1) is 13.8 Å². The number of hydrogen-bond donors (Lipinski definition) is 2. The lowest BCUT2D eigenvalue weighted by Gasteiger charge is -2.26. The number of carbonyl (C=O) groups is 1. The van der Waals surface area contributed by atoms with E-state index in [4.69, 9.17) is 9.47 Å². The molecule has 1 saturated heterocycles. The highest BCUT2D eigenvalue weighted by Crippen LogP contribution is 2.25. The van der Waals surface area contributed by atoms with E-state index in [1.807, 2.05) is 32.0 Å². The van der Waals surface area contributed by atoms with E-state index in [1.54, 1.807) is 13.2 Å². The lowest BCUT2D eigenvalue weighted by Crippen LogP contribution is -2.39. The fourth-order valence-corrected chi connectivity index (χ4v) is 3.02. The summed E-state index contributed by atoms with van der Waals surface area (Å²) in [5.74, 6) is 0.758. The molecule has 2 heterocycles. The molecule has 8 nitrogen and oxygen atoms in total. The molecule has 1 fully saturated rings. The topological polar surface area (TPSA) is 88.6 Å². The molecule has 0 saturated carbocycles. The number of morpholine rings is 1. The molecule has 0 bridgehead atoms. The first-order valence-electron chi connectivity index (χ1n) is 9.41. The Morgan fingerprint density at radius 1 is 1.21 bits per heavy atom. The van der Waals surface area contributed by atoms with Gasteiger partial charge in [-0.05, 0) is 37.6 Å². The number of aromatic nitrogens is 2. The Hall–Kier alpha value is -2.71. The fourth-order valence-electron chi connectivity index (χ4n) is 3.02. The fraction of sp³-hybridized carbons (Fsp3) is 0.450. The van der Waals surface area contributed by atoms with Gasteiger partial charge in [0.25, 0.3) is 5.91 Å². The second-order valence-electron chi connectivity index (χ2n) is 6.76. The molecule has 1 aromatic carbocycles. The summed E-state index contributed by atoms with van der Waals surface area (Å²) in [4.78, 5) is 23.8. The molecule has 0 aliphatic carbocycles. The molecule has 0 atom stereocenters. The minimum absolute atomic E-state index is 0.300. The number of aryl methyl sites for hydroxylation is 2. The number of methoxy groups -OCH3 is 1. The smallest absolute Gasteiger partial charge is 0.274 e. The zero-order valence-electron chi connectivity index (χ0n) is 16.6. The standard InChI is InChI=1S/C20H27N5O3/c1-14-4-5-18(27-3)16(12-14)23-19(26)17-13-15(2)22-20(24-17)21-6-7-25-8-10-28-11-9-25/h4-5,12-13H,6-11H2,1-3H3,(H,23,26)(H,21,22,24). The van der Waals surface area contributed by atoms with E-state index in [2.05, 4.69) is 25.5 Å². The zero-order valence-corrected chi connectivity index (χ0v) is 16.6. The van der Waals surface area contributed by atoms with Gasteiger partial charge in [0.1, 0.15) is 11.4 Å². The van der Waals surface area contributed by atoms with Crippen molar-refractivity contribution in [3.63, 3.8) is 0 Å². The van der Waals surface area contributed by atoms with Crippen LogP contribution in [0.25, 0.3) is 0 Å². The zero-order chi connectivity index (χ0) is 19.9. The first-order chi connectivity index (χ1) is 13.5. The van der Waals surface area contributed by atoms with Crippen molar-refractivity contribution >= 4 is 17.5 Å². The van der Waals surface area contributed by atoms with E-state index < -0.39 is 0 Å². The first kappa shape index (κ1) is 20.0. The molecule has 0 spiro atoms. The van der Waals surface area contributed by atoms with Crippen LogP contribution in [0.1, 0.15) is 21.7 Å². The van der Waals surface area contributed by atoms with Crippen molar-refractivity contribution in [3.8, 4) is 5.75 Å². The number of carbonyl (C=O) groups excluding carboxylic acids is 1. The number of anilines is 2. The van der Waals surface area contributed by atoms with Gasteiger partial charge < -0.3 is 20.1 Å². The summed E-state index contributed by atoms with van der Waals surface area (Å²) in [6.07, 6.45) is 0. The Kier molecular flexibility index (Phi) is 6.78. The van der Waals surface area contributed by atoms with E-state index in [-0.39, 0.29) is 5.91 Å². The Labute approximate surface area is 165 Å². The van der Waals surface area contributed by atoms with Crippen LogP contribution in [0.15, 0.2) is 24.3 Å². The molecule has 1 aliphatic rings. The van der Waals surface area contributed by atoms with Gasteiger partial charge in [0.15, 0.2) is 0 Å². The summed E-state index contributed by atoms with van der Waals surface area (Å²) in [7, 11) is 1.58. The van der Waals surface area contributed by atoms with Gasteiger partial charge in [0.05, 0.1) is 26.0 Å². The molecular formula is C20H27N5O3. The molecular weight excluding hydrogens is 358 g/mol. The van der Waals surface area contributed by atoms with Gasteiger partial charge in [-0.3, -0.25) is 9.69 Å². The van der Waals surface area contributed by atoms with Crippen molar-refractivity contribution in [2.24, 2.45) is 0 Å². The number of amides is 1. The minimum Gasteiger partial charge on any atom is -0.495 e. The van der Waals surface area contributed by atoms with Crippen LogP contribution in [-0.2, 0) is 4.74 Å². The summed E-state index contributed by atoms with van der Waals surface area (Å²) < 4.78 is 10.7. The Balaban J connectivity index is 1.65. The van der Waals surface area contributed by atoms with Crippen LogP contribution in [0.4, 0.5) is 11.6 Å². The Morgan fingerprint density at radius 2 is 2.00 bits per heavy atom. The number of nitrogens with zero attached hydrogens (tertiary/aromatic N) is 3. The summed E-state index contributed by atoms with van der Waals surface area (Å²) in [6, 6.07) is 7.30. The lowest BCUT2D eigenvalue weighted by atomic mass is 10.2. The third-order valence-electron chi connectivity index (χ3n) is 4.50. The normalized spacial score (nSPS) is 14.5. The van der Waals surface area contributed by atoms with Gasteiger partial charge >= 0.3 is 0 Å². The molecule has 0 unspecified atom stereocenters. The maximum atomic E-state index is 12.7. The monoisotopic (exact) mass is 385 g/mol. The third-order valence-corrected chi connectivity index (χ3v) is 4.50. The van der Waals surface area contributed by atoms with Gasteiger partial charge in [0, 0.05) is 31.9 Å². The maximum Gasteiger partial charge on any atom is 0.274 e. The average Bonchev–Trinajstić information content (AvgIpc) is 2.68. The predicted octanol–water partition coefficient (Wildman–Crippen LogP) is 2.10. The van der Waals surface area contributed by atoms with Gasteiger partial charge in [0.2, 0.25) is 5.95 Å². The number of benzene rings is 1. The summed E-state index contributed by atoms with van der Waals surface area (Å²) >= 11 is 0. The summed E-state index contributed by atoms with van der Waals surface area (Å²) in [6.45, 7) is 8.80. The number of rotatable bonds is 7. The lowest BCUT2D eigenvalue weighted by molar-refractivity contribution is 0.0398. The number of nitrogens with one attached hydrogen (secondary N) is 2. The predicted molar refractivity (Wildman–Crippen MR) is 108 cm³/mol. The quantitative estimate of drug-likeness (QED) is 0.754. The Morgan fingerprint density at radius 3 is 2.75 bits per heavy atom. The molecule has 28 heavy (non-hydrogen) atoms. The average molecular weight is 385 g/mol. The van der Waals surface area contributed by atoms with Gasteiger partial charge in [-0.15, -0.1) is 0 Å². The van der Waals surface area contributed by atoms with Gasteiger partial charge in [-0.2, -0.15) is 0 Å². The van der Waals surface area contributed by atoms with E-state index in [1.165, 1.54) is 0 Å². The van der Waals surface area contributed by atoms with Crippen LogP contribution in [0.5, 0.6) is 5.75 Å². The number of ether oxygens (including phenoxy) is 2. The highest BCUT2D eigenvalue weighted by atomic mass is 16.5. The van der Waals surface area contributed by atoms with E-state index in [9.17, 15) is 4.79 Å². The van der Waals surface area contributed by atoms with Crippen molar-refractivity contribution in [2.75, 3.05) is 57.1 Å². The molecule has 2 aromatic rings. The van der Waals surface area contributed by atoms with Crippen molar-refractivity contribution in [3.05, 3.63) is 41.2 Å². The molecule has 0 radical (unpaired) electrons. The molecule has 3 rings (SSSR count). The molecule has 1 aliphatic heterocycles. The first-order valence-corrected chi connectivity index (χ1v) is 9.41.